The van der Waals surface area contributed by atoms with Crippen LogP contribution in [-0.4, -0.2) is 54.0 Å². The van der Waals surface area contributed by atoms with E-state index < -0.39 is 0 Å². The van der Waals surface area contributed by atoms with E-state index >= 15 is 0 Å². The average Bonchev–Trinajstić information content (AvgIpc) is 2.85. The fourth-order valence-corrected chi connectivity index (χ4v) is 3.20. The smallest absolute Gasteiger partial charge is 0.317 e. The van der Waals surface area contributed by atoms with Gasteiger partial charge in [-0.05, 0) is 40.8 Å². The molecule has 1 fully saturated rings. The second-order valence-corrected chi connectivity index (χ2v) is 6.73. The van der Waals surface area contributed by atoms with E-state index in [0.29, 0.717) is 6.04 Å². The molecule has 1 aromatic rings. The van der Waals surface area contributed by atoms with Gasteiger partial charge in [0.2, 0.25) is 0 Å². The molecule has 0 aliphatic carbocycles. The lowest BCUT2D eigenvalue weighted by molar-refractivity contribution is 0.138. The van der Waals surface area contributed by atoms with E-state index in [0.717, 1.165) is 36.6 Å². The summed E-state index contributed by atoms with van der Waals surface area (Å²) in [5.41, 5.74) is 0.946. The van der Waals surface area contributed by atoms with Gasteiger partial charge in [0.1, 0.15) is 0 Å². The van der Waals surface area contributed by atoms with Gasteiger partial charge in [0.15, 0.2) is 0 Å². The van der Waals surface area contributed by atoms with Crippen molar-refractivity contribution in [1.82, 2.24) is 20.1 Å². The normalized spacial score (nSPS) is 21.1. The molecule has 1 saturated heterocycles. The Hall–Kier alpha value is -1.14. The second kappa shape index (κ2) is 6.54. The molecule has 1 N–H and O–H groups in total. The van der Waals surface area contributed by atoms with Gasteiger partial charge in [-0.3, -0.25) is 0 Å². The number of hydrogen-bond acceptors (Lipinski definition) is 4. The number of urea groups is 1. The molecule has 1 aliphatic rings. The van der Waals surface area contributed by atoms with E-state index in [-0.39, 0.29) is 12.1 Å². The van der Waals surface area contributed by atoms with E-state index in [9.17, 15) is 4.79 Å². The topological polar surface area (TPSA) is 48.5 Å². The maximum absolute atomic E-state index is 12.3. The summed E-state index contributed by atoms with van der Waals surface area (Å²) in [4.78, 5) is 20.9. The molecule has 2 heterocycles. The second-order valence-electron chi connectivity index (χ2n) is 5.67. The number of amides is 2. The molecule has 1 aromatic heterocycles. The van der Waals surface area contributed by atoms with E-state index in [2.05, 4.69) is 29.3 Å². The number of carbonyl (C=O) groups is 1. The summed E-state index contributed by atoms with van der Waals surface area (Å²) in [6.45, 7) is 5.62. The zero-order valence-corrected chi connectivity index (χ0v) is 13.5. The molecule has 2 unspecified atom stereocenters. The van der Waals surface area contributed by atoms with E-state index in [4.69, 9.17) is 0 Å². The number of likely N-dealkylation sites (N-methyl/N-ethyl adjacent to an activating group) is 1. The number of aryl methyl sites for hydroxylation is 1. The number of nitrogens with one attached hydrogen (secondary N) is 1. The SMILES string of the molecule is Cc1nc(C(C)NC(=O)N2CCCC(N(C)C)C2)cs1. The van der Waals surface area contributed by atoms with Crippen LogP contribution in [-0.2, 0) is 0 Å². The molecule has 0 saturated carbocycles. The van der Waals surface area contributed by atoms with Crippen molar-refractivity contribution < 1.29 is 4.79 Å². The number of piperidine rings is 1. The van der Waals surface area contributed by atoms with Crippen LogP contribution in [0.2, 0.25) is 0 Å². The first-order valence-corrected chi connectivity index (χ1v) is 7.99. The lowest BCUT2D eigenvalue weighted by Gasteiger charge is -2.36. The number of carbonyl (C=O) groups excluding carboxylic acids is 1. The Morgan fingerprint density at radius 1 is 1.60 bits per heavy atom. The minimum absolute atomic E-state index is 0.0229. The van der Waals surface area contributed by atoms with Crippen molar-refractivity contribution in [3.05, 3.63) is 16.1 Å². The van der Waals surface area contributed by atoms with Crippen molar-refractivity contribution in [1.29, 1.82) is 0 Å². The van der Waals surface area contributed by atoms with E-state index in [1.165, 1.54) is 0 Å². The van der Waals surface area contributed by atoms with Gasteiger partial charge in [0, 0.05) is 24.5 Å². The Bertz CT molecular complexity index is 460. The van der Waals surface area contributed by atoms with Crippen LogP contribution in [0.3, 0.4) is 0 Å². The van der Waals surface area contributed by atoms with Crippen molar-refractivity contribution in [2.45, 2.75) is 38.8 Å². The molecule has 2 rings (SSSR count). The van der Waals surface area contributed by atoms with Crippen molar-refractivity contribution >= 4 is 17.4 Å². The van der Waals surface area contributed by atoms with Gasteiger partial charge in [-0.2, -0.15) is 0 Å². The van der Waals surface area contributed by atoms with Crippen molar-refractivity contribution in [3.8, 4) is 0 Å². The van der Waals surface area contributed by atoms with Crippen LogP contribution in [0.15, 0.2) is 5.38 Å². The minimum Gasteiger partial charge on any atom is -0.330 e. The number of nitrogens with zero attached hydrogens (tertiary/aromatic N) is 3. The van der Waals surface area contributed by atoms with Crippen molar-refractivity contribution in [2.24, 2.45) is 0 Å². The number of rotatable bonds is 3. The minimum atomic E-state index is -0.0350. The quantitative estimate of drug-likeness (QED) is 0.930. The maximum Gasteiger partial charge on any atom is 0.317 e. The van der Waals surface area contributed by atoms with Gasteiger partial charge in [0.05, 0.1) is 16.7 Å². The Morgan fingerprint density at radius 2 is 2.35 bits per heavy atom. The Kier molecular flexibility index (Phi) is 4.99. The highest BCUT2D eigenvalue weighted by Crippen LogP contribution is 2.18. The molecule has 2 atom stereocenters. The lowest BCUT2D eigenvalue weighted by Crippen LogP contribution is -2.51. The van der Waals surface area contributed by atoms with Crippen LogP contribution in [0.4, 0.5) is 4.79 Å². The number of thiazole rings is 1. The summed E-state index contributed by atoms with van der Waals surface area (Å²) >= 11 is 1.62. The van der Waals surface area contributed by atoms with Crippen LogP contribution in [0.1, 0.15) is 36.5 Å². The third-order valence-electron chi connectivity index (χ3n) is 3.83. The molecule has 20 heavy (non-hydrogen) atoms. The summed E-state index contributed by atoms with van der Waals surface area (Å²) in [7, 11) is 4.15. The summed E-state index contributed by atoms with van der Waals surface area (Å²) in [6.07, 6.45) is 2.23. The zero-order valence-electron chi connectivity index (χ0n) is 12.7. The fourth-order valence-electron chi connectivity index (χ4n) is 2.49. The maximum atomic E-state index is 12.3. The summed E-state index contributed by atoms with van der Waals surface area (Å²) in [5, 5.41) is 6.10. The molecular formula is C14H24N4OS. The molecule has 2 amide bonds. The number of aromatic nitrogens is 1. The first-order valence-electron chi connectivity index (χ1n) is 7.11. The fraction of sp³-hybridized carbons (Fsp3) is 0.714. The highest BCUT2D eigenvalue weighted by molar-refractivity contribution is 7.09. The molecular weight excluding hydrogens is 272 g/mol. The molecule has 0 radical (unpaired) electrons. The van der Waals surface area contributed by atoms with Crippen LogP contribution >= 0.6 is 11.3 Å². The third-order valence-corrected chi connectivity index (χ3v) is 4.63. The van der Waals surface area contributed by atoms with Crippen LogP contribution < -0.4 is 5.32 Å². The molecule has 0 aromatic carbocycles. The van der Waals surface area contributed by atoms with Crippen LogP contribution in [0, 0.1) is 6.92 Å². The number of likely N-dealkylation sites (tertiary alicyclic amines) is 1. The third kappa shape index (κ3) is 3.70. The first kappa shape index (κ1) is 15.3. The van der Waals surface area contributed by atoms with E-state index in [1.54, 1.807) is 11.3 Å². The van der Waals surface area contributed by atoms with Gasteiger partial charge < -0.3 is 15.1 Å². The molecule has 1 aliphatic heterocycles. The zero-order chi connectivity index (χ0) is 14.7. The predicted molar refractivity (Wildman–Crippen MR) is 82.1 cm³/mol. The summed E-state index contributed by atoms with van der Waals surface area (Å²) in [5.74, 6) is 0. The van der Waals surface area contributed by atoms with Gasteiger partial charge >= 0.3 is 6.03 Å². The van der Waals surface area contributed by atoms with Gasteiger partial charge in [0.25, 0.3) is 0 Å². The molecule has 0 bridgehead atoms. The highest BCUT2D eigenvalue weighted by Gasteiger charge is 2.25. The molecule has 6 heteroatoms. The molecule has 5 nitrogen and oxygen atoms in total. The van der Waals surface area contributed by atoms with Gasteiger partial charge in [-0.1, -0.05) is 0 Å². The summed E-state index contributed by atoms with van der Waals surface area (Å²) < 4.78 is 0. The Balaban J connectivity index is 1.91. The predicted octanol–water partition coefficient (Wildman–Crippen LogP) is 2.25. The monoisotopic (exact) mass is 296 g/mol. The van der Waals surface area contributed by atoms with Crippen molar-refractivity contribution in [3.63, 3.8) is 0 Å². The average molecular weight is 296 g/mol. The molecule has 112 valence electrons. The van der Waals surface area contributed by atoms with E-state index in [1.807, 2.05) is 24.1 Å². The van der Waals surface area contributed by atoms with Crippen molar-refractivity contribution in [2.75, 3.05) is 27.2 Å². The highest BCUT2D eigenvalue weighted by atomic mass is 32.1. The number of hydrogen-bond donors (Lipinski definition) is 1. The Labute approximate surface area is 125 Å². The van der Waals surface area contributed by atoms with Crippen LogP contribution in [0.5, 0.6) is 0 Å². The Morgan fingerprint density at radius 3 is 2.95 bits per heavy atom. The largest absolute Gasteiger partial charge is 0.330 e. The van der Waals surface area contributed by atoms with Gasteiger partial charge in [-0.25, -0.2) is 9.78 Å². The van der Waals surface area contributed by atoms with Gasteiger partial charge in [-0.15, -0.1) is 11.3 Å². The first-order chi connectivity index (χ1) is 9.47. The summed E-state index contributed by atoms with van der Waals surface area (Å²) in [6, 6.07) is 0.452. The lowest BCUT2D eigenvalue weighted by atomic mass is 10.1. The standard InChI is InChI=1S/C14H24N4OS/c1-10(13-9-20-11(2)16-13)15-14(19)18-7-5-6-12(8-18)17(3)4/h9-10,12H,5-8H2,1-4H3,(H,15,19). The molecule has 0 spiro atoms. The van der Waals surface area contributed by atoms with Crippen LogP contribution in [0.25, 0.3) is 0 Å².